The van der Waals surface area contributed by atoms with Gasteiger partial charge in [0.05, 0.1) is 17.9 Å². The Kier molecular flexibility index (Phi) is 11.2. The number of aryl methyl sites for hydroxylation is 1. The van der Waals surface area contributed by atoms with Gasteiger partial charge in [0.15, 0.2) is 11.5 Å². The maximum atomic E-state index is 12.5. The number of nitrogens with zero attached hydrogens (tertiary/aromatic N) is 4. The molecular weight excluding hydrogens is 506 g/mol. The molecule has 10 heteroatoms. The van der Waals surface area contributed by atoms with E-state index >= 15 is 0 Å². The van der Waals surface area contributed by atoms with Gasteiger partial charge < -0.3 is 21.3 Å². The van der Waals surface area contributed by atoms with E-state index in [9.17, 15) is 14.4 Å². The van der Waals surface area contributed by atoms with Gasteiger partial charge in [-0.15, -0.1) is 0 Å². The van der Waals surface area contributed by atoms with E-state index < -0.39 is 5.91 Å². The topological polar surface area (TPSA) is 134 Å². The van der Waals surface area contributed by atoms with Crippen LogP contribution in [0.1, 0.15) is 67.5 Å². The molecule has 1 fully saturated rings. The molecular formula is C30H43N7O3. The number of likely N-dealkylation sites (tertiary alicyclic amines) is 1. The Morgan fingerprint density at radius 2 is 1.90 bits per heavy atom. The highest BCUT2D eigenvalue weighted by molar-refractivity contribution is 5.96. The van der Waals surface area contributed by atoms with Crippen LogP contribution in [0.15, 0.2) is 36.4 Å². The minimum absolute atomic E-state index is 0.00351. The largest absolute Gasteiger partial charge is 0.364 e. The maximum Gasteiger partial charge on any atom is 0.271 e. The van der Waals surface area contributed by atoms with Crippen LogP contribution >= 0.6 is 0 Å². The number of aromatic nitrogens is 2. The lowest BCUT2D eigenvalue weighted by atomic mass is 10.0. The van der Waals surface area contributed by atoms with Crippen molar-refractivity contribution in [1.29, 1.82) is 0 Å². The number of amides is 3. The number of carbonyl (C=O) groups excluding carboxylic acids is 3. The molecule has 4 N–H and O–H groups in total. The van der Waals surface area contributed by atoms with Crippen LogP contribution in [-0.4, -0.2) is 77.3 Å². The van der Waals surface area contributed by atoms with Gasteiger partial charge in [-0.25, -0.2) is 9.97 Å². The lowest BCUT2D eigenvalue weighted by Gasteiger charge is -2.29. The van der Waals surface area contributed by atoms with Crippen molar-refractivity contribution in [3.05, 3.63) is 59.1 Å². The number of carbonyl (C=O) groups is 3. The average molecular weight is 550 g/mol. The lowest BCUT2D eigenvalue weighted by molar-refractivity contribution is -0.131. The van der Waals surface area contributed by atoms with Gasteiger partial charge >= 0.3 is 0 Å². The van der Waals surface area contributed by atoms with Crippen molar-refractivity contribution in [2.75, 3.05) is 45.1 Å². The van der Waals surface area contributed by atoms with E-state index in [1.807, 2.05) is 44.2 Å². The first kappa shape index (κ1) is 30.7. The molecule has 10 nitrogen and oxygen atoms in total. The van der Waals surface area contributed by atoms with Gasteiger partial charge in [0.1, 0.15) is 0 Å². The van der Waals surface area contributed by atoms with Crippen LogP contribution in [0, 0.1) is 5.92 Å². The summed E-state index contributed by atoms with van der Waals surface area (Å²) in [4.78, 5) is 49.9. The third-order valence-corrected chi connectivity index (χ3v) is 6.87. The molecule has 0 spiro atoms. The van der Waals surface area contributed by atoms with Crippen LogP contribution in [0.5, 0.6) is 0 Å². The van der Waals surface area contributed by atoms with Crippen LogP contribution in [0.2, 0.25) is 0 Å². The maximum absolute atomic E-state index is 12.5. The molecule has 1 aromatic carbocycles. The van der Waals surface area contributed by atoms with Crippen molar-refractivity contribution in [2.24, 2.45) is 11.7 Å². The van der Waals surface area contributed by atoms with Crippen LogP contribution in [-0.2, 0) is 22.4 Å². The molecule has 1 atom stereocenters. The molecule has 1 saturated heterocycles. The molecule has 1 aliphatic heterocycles. The third kappa shape index (κ3) is 8.87. The molecule has 216 valence electrons. The number of primary amides is 1. The highest BCUT2D eigenvalue weighted by Crippen LogP contribution is 2.24. The first-order chi connectivity index (χ1) is 19.1. The highest BCUT2D eigenvalue weighted by atomic mass is 16.2. The summed E-state index contributed by atoms with van der Waals surface area (Å²) in [6.07, 6.45) is 5.99. The lowest BCUT2D eigenvalue weighted by Crippen LogP contribution is -2.39. The Morgan fingerprint density at radius 3 is 2.52 bits per heavy atom. The minimum atomic E-state index is -0.636. The monoisotopic (exact) mass is 549 g/mol. The molecule has 0 bridgehead atoms. The summed E-state index contributed by atoms with van der Waals surface area (Å²) in [6.45, 7) is 11.5. The summed E-state index contributed by atoms with van der Waals surface area (Å²) in [5, 5.41) is 6.15. The quantitative estimate of drug-likeness (QED) is 0.309. The Labute approximate surface area is 237 Å². The molecule has 0 radical (unpaired) electrons. The molecule has 1 unspecified atom stereocenters. The summed E-state index contributed by atoms with van der Waals surface area (Å²) in [5.41, 5.74) is 9.11. The van der Waals surface area contributed by atoms with Gasteiger partial charge in [0.25, 0.3) is 5.91 Å². The number of rotatable bonds is 14. The molecule has 2 heterocycles. The van der Waals surface area contributed by atoms with Crippen molar-refractivity contribution in [2.45, 2.75) is 52.9 Å². The van der Waals surface area contributed by atoms with Gasteiger partial charge in [0.2, 0.25) is 11.8 Å². The zero-order valence-corrected chi connectivity index (χ0v) is 24.4. The fourth-order valence-electron chi connectivity index (χ4n) is 4.38. The fourth-order valence-corrected chi connectivity index (χ4v) is 4.38. The van der Waals surface area contributed by atoms with Gasteiger partial charge in [-0.05, 0) is 61.9 Å². The van der Waals surface area contributed by atoms with Gasteiger partial charge in [-0.3, -0.25) is 19.3 Å². The molecule has 0 aliphatic carbocycles. The Balaban J connectivity index is 1.60. The number of anilines is 2. The number of hydrogen-bond donors (Lipinski definition) is 3. The summed E-state index contributed by atoms with van der Waals surface area (Å²) in [7, 11) is 1.62. The molecule has 0 saturated carbocycles. The molecule has 3 rings (SSSR count). The Bertz CT molecular complexity index is 1220. The molecule has 1 aromatic heterocycles. The van der Waals surface area contributed by atoms with Gasteiger partial charge in [-0.1, -0.05) is 45.9 Å². The Hall–Kier alpha value is -3.79. The predicted molar refractivity (Wildman–Crippen MR) is 157 cm³/mol. The van der Waals surface area contributed by atoms with E-state index in [0.29, 0.717) is 24.7 Å². The zero-order chi connectivity index (χ0) is 29.2. The highest BCUT2D eigenvalue weighted by Gasteiger charge is 2.19. The smallest absolute Gasteiger partial charge is 0.271 e. The summed E-state index contributed by atoms with van der Waals surface area (Å²) < 4.78 is 0. The van der Waals surface area contributed by atoms with E-state index in [1.54, 1.807) is 7.05 Å². The van der Waals surface area contributed by atoms with Gasteiger partial charge in [0, 0.05) is 31.9 Å². The minimum Gasteiger partial charge on any atom is -0.364 e. The normalized spacial score (nSPS) is 14.2. The number of nitrogens with one attached hydrogen (secondary N) is 2. The van der Waals surface area contributed by atoms with Crippen LogP contribution in [0.3, 0.4) is 0 Å². The predicted octanol–water partition coefficient (Wildman–Crippen LogP) is 3.02. The first-order valence-electron chi connectivity index (χ1n) is 14.0. The van der Waals surface area contributed by atoms with Crippen LogP contribution in [0.25, 0.3) is 0 Å². The average Bonchev–Trinajstić information content (AvgIpc) is 2.88. The Morgan fingerprint density at radius 1 is 1.15 bits per heavy atom. The number of likely N-dealkylation sites (N-methyl/N-ethyl adjacent to an activating group) is 1. The van der Waals surface area contributed by atoms with Crippen molar-refractivity contribution >= 4 is 29.2 Å². The van der Waals surface area contributed by atoms with Gasteiger partial charge in [-0.2, -0.15) is 0 Å². The molecule has 40 heavy (non-hydrogen) atoms. The zero-order valence-electron chi connectivity index (χ0n) is 24.4. The van der Waals surface area contributed by atoms with E-state index in [4.69, 9.17) is 10.7 Å². The molecule has 3 amide bonds. The van der Waals surface area contributed by atoms with E-state index in [1.165, 1.54) is 17.4 Å². The number of hydrogen-bond acceptors (Lipinski definition) is 7. The number of nitrogens with two attached hydrogens (primary N) is 1. The molecule has 1 aliphatic rings. The fraction of sp³-hybridized carbons (Fsp3) is 0.500. The summed E-state index contributed by atoms with van der Waals surface area (Å²) in [6, 6.07) is 7.72. The van der Waals surface area contributed by atoms with Crippen LogP contribution in [0.4, 0.5) is 11.5 Å². The van der Waals surface area contributed by atoms with E-state index in [2.05, 4.69) is 34.4 Å². The summed E-state index contributed by atoms with van der Waals surface area (Å²) >= 11 is 0. The first-order valence-corrected chi connectivity index (χ1v) is 14.0. The van der Waals surface area contributed by atoms with Crippen molar-refractivity contribution in [1.82, 2.24) is 25.1 Å². The second-order valence-electron chi connectivity index (χ2n) is 10.8. The standard InChI is InChI=1S/C30H43N7O3/c1-6-24-25(16-20(2)3)35-30(28(34-24)29(31)40)33-23-11-7-10-22(17-23)21(4)18-32-26(38)19-36(5)27(39)12-8-13-37-14-9-15-37/h7-8,10-12,17,20-21H,6,9,13-16,18-19H2,1-5H3,(H2,31,40)(H,32,38)(H,33,35)/b12-8+. The van der Waals surface area contributed by atoms with Crippen molar-refractivity contribution in [3.8, 4) is 0 Å². The molecule has 2 aromatic rings. The van der Waals surface area contributed by atoms with Crippen molar-refractivity contribution < 1.29 is 14.4 Å². The second-order valence-corrected chi connectivity index (χ2v) is 10.8. The van der Waals surface area contributed by atoms with Crippen LogP contribution < -0.4 is 16.4 Å². The van der Waals surface area contributed by atoms with E-state index in [-0.39, 0.29) is 30.0 Å². The third-order valence-electron chi connectivity index (χ3n) is 6.87. The SMILES string of the molecule is CCc1nc(C(N)=O)c(Nc2cccc(C(C)CNC(=O)CN(C)C(=O)/C=C/CN3CCC3)c2)nc1CC(C)C. The second kappa shape index (κ2) is 14.6. The van der Waals surface area contributed by atoms with E-state index in [0.717, 1.165) is 48.7 Å². The number of benzene rings is 1. The van der Waals surface area contributed by atoms with Crippen molar-refractivity contribution in [3.63, 3.8) is 0 Å². The summed E-state index contributed by atoms with van der Waals surface area (Å²) in [5.74, 6) is -0.319.